The first-order valence-electron chi connectivity index (χ1n) is 9.37. The molecule has 1 saturated heterocycles. The van der Waals surface area contributed by atoms with Crippen molar-refractivity contribution in [2.45, 2.75) is 75.4 Å². The van der Waals surface area contributed by atoms with E-state index in [1.54, 1.807) is 19.9 Å². The minimum Gasteiger partial charge on any atom is -0.452 e. The zero-order valence-electron chi connectivity index (χ0n) is 16.5. The molecule has 11 heteroatoms. The summed E-state index contributed by atoms with van der Waals surface area (Å²) in [6.45, 7) is 2.65. The lowest BCUT2D eigenvalue weighted by Crippen LogP contribution is -2.60. The quantitative estimate of drug-likeness (QED) is 0.155. The van der Waals surface area contributed by atoms with Crippen LogP contribution in [0.5, 0.6) is 0 Å². The van der Waals surface area contributed by atoms with Crippen molar-refractivity contribution in [1.82, 2.24) is 0 Å². The summed E-state index contributed by atoms with van der Waals surface area (Å²) in [6.07, 6.45) is -11.3. The number of ether oxygens (including phenoxy) is 3. The average Bonchev–Trinajstić information content (AvgIpc) is 2.68. The Bertz CT molecular complexity index is 711. The third-order valence-corrected chi connectivity index (χ3v) is 4.89. The lowest BCUT2D eigenvalue weighted by molar-refractivity contribution is -0.312. The van der Waals surface area contributed by atoms with Crippen LogP contribution in [0.15, 0.2) is 23.3 Å². The van der Waals surface area contributed by atoms with Gasteiger partial charge in [-0.25, -0.2) is 4.79 Å². The Hall–Kier alpha value is -1.88. The molecule has 168 valence electrons. The molecule has 2 aliphatic rings. The van der Waals surface area contributed by atoms with Crippen molar-refractivity contribution in [2.24, 2.45) is 0 Å². The second kappa shape index (κ2) is 10.4. The van der Waals surface area contributed by atoms with Gasteiger partial charge in [0.2, 0.25) is 0 Å². The first kappa shape index (κ1) is 24.4. The van der Waals surface area contributed by atoms with Crippen LogP contribution >= 0.6 is 0 Å². The third-order valence-electron chi connectivity index (χ3n) is 4.89. The van der Waals surface area contributed by atoms with Gasteiger partial charge in [0.1, 0.15) is 30.5 Å². The normalized spacial score (nSPS) is 40.5. The maximum absolute atomic E-state index is 12.0. The topological polar surface area (TPSA) is 190 Å². The van der Waals surface area contributed by atoms with Gasteiger partial charge in [-0.2, -0.15) is 5.26 Å². The Morgan fingerprint density at radius 3 is 2.40 bits per heavy atom. The van der Waals surface area contributed by atoms with E-state index in [1.165, 1.54) is 6.08 Å². The molecular formula is C19H27NO10. The van der Waals surface area contributed by atoms with Gasteiger partial charge in [-0.1, -0.05) is 5.57 Å². The highest BCUT2D eigenvalue weighted by Gasteiger charge is 2.48. The number of carbonyl (C=O) groups is 1. The van der Waals surface area contributed by atoms with E-state index in [0.717, 1.165) is 6.08 Å². The average molecular weight is 429 g/mol. The van der Waals surface area contributed by atoms with Gasteiger partial charge in [0.15, 0.2) is 12.4 Å². The van der Waals surface area contributed by atoms with Crippen LogP contribution in [0.1, 0.15) is 20.3 Å². The van der Waals surface area contributed by atoms with Crippen LogP contribution < -0.4 is 0 Å². The molecule has 2 rings (SSSR count). The molecule has 1 aliphatic heterocycles. The second-order valence-electron chi connectivity index (χ2n) is 7.47. The molecular weight excluding hydrogens is 402 g/mol. The zero-order valence-corrected chi connectivity index (χ0v) is 16.5. The predicted octanol–water partition coefficient (Wildman–Crippen LogP) is -2.38. The Labute approximate surface area is 173 Å². The first-order chi connectivity index (χ1) is 14.1. The van der Waals surface area contributed by atoms with E-state index >= 15 is 0 Å². The van der Waals surface area contributed by atoms with Gasteiger partial charge in [0.05, 0.1) is 24.9 Å². The van der Waals surface area contributed by atoms with Crippen LogP contribution in [-0.4, -0.2) is 98.3 Å². The summed E-state index contributed by atoms with van der Waals surface area (Å²) in [5, 5.41) is 68.9. The van der Waals surface area contributed by atoms with E-state index in [1.807, 2.05) is 0 Å². The van der Waals surface area contributed by atoms with Crippen LogP contribution in [-0.2, 0) is 19.0 Å². The fraction of sp³-hybridized carbons (Fsp3) is 0.684. The highest BCUT2D eigenvalue weighted by atomic mass is 16.7. The van der Waals surface area contributed by atoms with Crippen LogP contribution in [0.4, 0.5) is 0 Å². The third kappa shape index (κ3) is 5.42. The summed E-state index contributed by atoms with van der Waals surface area (Å²) in [4.78, 5) is 12.0. The summed E-state index contributed by atoms with van der Waals surface area (Å²) in [5.41, 5.74) is 0.647. The standard InChI is InChI=1S/C19H27NO10/c1-8(2)5-13(23)30-18-9(3-4-20)11(6-10(22)14(18)24)28-19-17(27)16(26)15(25)12(7-21)29-19/h3,5,10-12,14-19,21-22,24-27H,6-7H2,1-2H3. The van der Waals surface area contributed by atoms with E-state index in [0.29, 0.717) is 5.57 Å². The molecule has 1 aliphatic carbocycles. The molecule has 0 aromatic heterocycles. The van der Waals surface area contributed by atoms with Gasteiger partial charge in [-0.05, 0) is 13.8 Å². The van der Waals surface area contributed by atoms with E-state index < -0.39 is 67.7 Å². The number of nitriles is 1. The molecule has 9 unspecified atom stereocenters. The molecule has 0 aromatic carbocycles. The van der Waals surface area contributed by atoms with Gasteiger partial charge in [-0.3, -0.25) is 0 Å². The highest BCUT2D eigenvalue weighted by Crippen LogP contribution is 2.33. The summed E-state index contributed by atoms with van der Waals surface area (Å²) in [5.74, 6) is -0.802. The van der Waals surface area contributed by atoms with E-state index in [9.17, 15) is 35.4 Å². The molecule has 1 heterocycles. The molecule has 0 aromatic rings. The molecule has 0 spiro atoms. The van der Waals surface area contributed by atoms with Crippen molar-refractivity contribution >= 4 is 5.97 Å². The minimum absolute atomic E-state index is 0.0165. The monoisotopic (exact) mass is 429 g/mol. The largest absolute Gasteiger partial charge is 0.452 e. The van der Waals surface area contributed by atoms with E-state index in [-0.39, 0.29) is 12.0 Å². The maximum Gasteiger partial charge on any atom is 0.331 e. The summed E-state index contributed by atoms with van der Waals surface area (Å²) in [6, 6.07) is 1.76. The molecule has 1 saturated carbocycles. The number of hydrogen-bond donors (Lipinski definition) is 6. The molecule has 0 amide bonds. The predicted molar refractivity (Wildman–Crippen MR) is 98.3 cm³/mol. The van der Waals surface area contributed by atoms with Crippen LogP contribution in [0.2, 0.25) is 0 Å². The van der Waals surface area contributed by atoms with Crippen LogP contribution in [0.3, 0.4) is 0 Å². The summed E-state index contributed by atoms with van der Waals surface area (Å²) < 4.78 is 16.1. The molecule has 11 nitrogen and oxygen atoms in total. The van der Waals surface area contributed by atoms with Gasteiger partial charge >= 0.3 is 5.97 Å². The van der Waals surface area contributed by atoms with Gasteiger partial charge in [0.25, 0.3) is 0 Å². The van der Waals surface area contributed by atoms with Crippen LogP contribution in [0, 0.1) is 11.3 Å². The van der Waals surface area contributed by atoms with Crippen LogP contribution in [0.25, 0.3) is 0 Å². The van der Waals surface area contributed by atoms with Crippen molar-refractivity contribution in [3.63, 3.8) is 0 Å². The lowest BCUT2D eigenvalue weighted by Gasteiger charge is -2.43. The Balaban J connectivity index is 2.27. The number of esters is 1. The lowest BCUT2D eigenvalue weighted by atomic mass is 9.84. The van der Waals surface area contributed by atoms with E-state index in [4.69, 9.17) is 19.5 Å². The number of nitrogens with zero attached hydrogens (tertiary/aromatic N) is 1. The number of hydrogen-bond acceptors (Lipinski definition) is 11. The molecule has 2 fully saturated rings. The number of carbonyl (C=O) groups excluding carboxylic acids is 1. The first-order valence-corrected chi connectivity index (χ1v) is 9.37. The second-order valence-corrected chi connectivity index (χ2v) is 7.47. The zero-order chi connectivity index (χ0) is 22.6. The fourth-order valence-corrected chi connectivity index (χ4v) is 3.34. The number of aliphatic hydroxyl groups is 6. The number of allylic oxidation sites excluding steroid dienone is 2. The van der Waals surface area contributed by atoms with Crippen molar-refractivity contribution in [3.8, 4) is 6.07 Å². The van der Waals surface area contributed by atoms with E-state index in [2.05, 4.69) is 0 Å². The van der Waals surface area contributed by atoms with Gasteiger partial charge in [-0.15, -0.1) is 0 Å². The molecule has 30 heavy (non-hydrogen) atoms. The van der Waals surface area contributed by atoms with Crippen molar-refractivity contribution in [3.05, 3.63) is 23.3 Å². The number of rotatable bonds is 5. The molecule has 9 atom stereocenters. The van der Waals surface area contributed by atoms with Crippen molar-refractivity contribution in [1.29, 1.82) is 5.26 Å². The van der Waals surface area contributed by atoms with Gasteiger partial charge in [0, 0.05) is 24.1 Å². The van der Waals surface area contributed by atoms with Crippen molar-refractivity contribution < 1.29 is 49.6 Å². The Kier molecular flexibility index (Phi) is 8.48. The Morgan fingerprint density at radius 2 is 1.83 bits per heavy atom. The molecule has 6 N–H and O–H groups in total. The minimum atomic E-state index is -1.71. The smallest absolute Gasteiger partial charge is 0.331 e. The Morgan fingerprint density at radius 1 is 1.17 bits per heavy atom. The molecule has 0 bridgehead atoms. The summed E-state index contributed by atoms with van der Waals surface area (Å²) >= 11 is 0. The number of aliphatic hydroxyl groups excluding tert-OH is 6. The SMILES string of the molecule is CC(C)=CC(=O)OC1C(=CC#N)C(OC2OC(CO)C(O)C(O)C2O)CC(O)C1O. The summed E-state index contributed by atoms with van der Waals surface area (Å²) in [7, 11) is 0. The maximum atomic E-state index is 12.0. The van der Waals surface area contributed by atoms with Gasteiger partial charge < -0.3 is 44.8 Å². The molecule has 0 radical (unpaired) electrons. The van der Waals surface area contributed by atoms with Crippen molar-refractivity contribution in [2.75, 3.05) is 6.61 Å². The fourth-order valence-electron chi connectivity index (χ4n) is 3.34. The highest BCUT2D eigenvalue weighted by molar-refractivity contribution is 5.83.